The predicted molar refractivity (Wildman–Crippen MR) is 134 cm³/mol. The fourth-order valence-corrected chi connectivity index (χ4v) is 5.70. The van der Waals surface area contributed by atoms with Gasteiger partial charge in [0.05, 0.1) is 5.56 Å². The maximum Gasteiger partial charge on any atom is 0.269 e. The van der Waals surface area contributed by atoms with E-state index in [1.807, 2.05) is 13.8 Å². The number of nitrogens with zero attached hydrogens (tertiary/aromatic N) is 2. The summed E-state index contributed by atoms with van der Waals surface area (Å²) in [5.41, 5.74) is 0.649. The third-order valence-electron chi connectivity index (χ3n) is 5.65. The van der Waals surface area contributed by atoms with E-state index >= 15 is 0 Å². The highest BCUT2D eigenvalue weighted by Gasteiger charge is 2.41. The van der Waals surface area contributed by atoms with Crippen LogP contribution in [0.2, 0.25) is 10.0 Å². The Morgan fingerprint density at radius 3 is 2.40 bits per heavy atom. The average molecular weight is 540 g/mol. The Balaban J connectivity index is 1.81. The zero-order valence-corrected chi connectivity index (χ0v) is 22.0. The van der Waals surface area contributed by atoms with Crippen LogP contribution in [0.25, 0.3) is 0 Å². The molecule has 188 valence electrons. The molecule has 1 aliphatic rings. The third kappa shape index (κ3) is 5.97. The number of benzene rings is 2. The molecule has 11 heteroatoms. The molecule has 1 atom stereocenters. The summed E-state index contributed by atoms with van der Waals surface area (Å²) in [6.07, 6.45) is -0.300. The lowest BCUT2D eigenvalue weighted by Gasteiger charge is -2.30. The van der Waals surface area contributed by atoms with Gasteiger partial charge >= 0.3 is 0 Å². The number of nitrogens with one attached hydrogen (secondary N) is 1. The van der Waals surface area contributed by atoms with Crippen LogP contribution in [0.15, 0.2) is 47.4 Å². The molecule has 1 N–H and O–H groups in total. The van der Waals surface area contributed by atoms with Crippen molar-refractivity contribution in [1.29, 1.82) is 0 Å². The maximum absolute atomic E-state index is 13.3. The molecule has 1 heterocycles. The molecule has 3 rings (SSSR count). The van der Waals surface area contributed by atoms with Crippen molar-refractivity contribution in [3.63, 3.8) is 0 Å². The molecule has 2 aromatic rings. The van der Waals surface area contributed by atoms with Crippen molar-refractivity contribution in [2.45, 2.75) is 44.7 Å². The summed E-state index contributed by atoms with van der Waals surface area (Å²) in [4.78, 5) is 40.0. The normalized spacial score (nSPS) is 15.1. The van der Waals surface area contributed by atoms with Gasteiger partial charge in [0.1, 0.15) is 10.9 Å². The number of sulfonamides is 1. The molecule has 2 aromatic carbocycles. The van der Waals surface area contributed by atoms with Gasteiger partial charge in [0.25, 0.3) is 15.9 Å². The van der Waals surface area contributed by atoms with Crippen molar-refractivity contribution < 1.29 is 22.8 Å². The van der Waals surface area contributed by atoms with Crippen molar-refractivity contribution in [2.75, 3.05) is 13.1 Å². The van der Waals surface area contributed by atoms with E-state index in [2.05, 4.69) is 5.32 Å². The molecule has 8 nitrogen and oxygen atoms in total. The van der Waals surface area contributed by atoms with Gasteiger partial charge < -0.3 is 10.2 Å². The quantitative estimate of drug-likeness (QED) is 0.522. The first-order valence-corrected chi connectivity index (χ1v) is 13.3. The fraction of sp³-hybridized carbons (Fsp3) is 0.375. The van der Waals surface area contributed by atoms with Crippen LogP contribution in [0.5, 0.6) is 0 Å². The van der Waals surface area contributed by atoms with Gasteiger partial charge in [-0.25, -0.2) is 12.7 Å². The number of carbonyl (C=O) groups is 3. The highest BCUT2D eigenvalue weighted by molar-refractivity contribution is 7.90. The van der Waals surface area contributed by atoms with Crippen LogP contribution in [0.1, 0.15) is 43.1 Å². The summed E-state index contributed by atoms with van der Waals surface area (Å²) in [5, 5.41) is 3.57. The number of hydrogen-bond donors (Lipinski definition) is 1. The first-order valence-electron chi connectivity index (χ1n) is 11.1. The number of halogens is 2. The van der Waals surface area contributed by atoms with Crippen molar-refractivity contribution in [3.8, 4) is 0 Å². The molecule has 1 unspecified atom stereocenters. The largest absolute Gasteiger partial charge is 0.354 e. The minimum Gasteiger partial charge on any atom is -0.354 e. The number of rotatable bonds is 9. The molecule has 0 saturated heterocycles. The highest BCUT2D eigenvalue weighted by Crippen LogP contribution is 2.30. The van der Waals surface area contributed by atoms with E-state index in [1.54, 1.807) is 25.1 Å². The molecule has 1 aliphatic heterocycles. The maximum atomic E-state index is 13.3. The molecule has 0 bridgehead atoms. The average Bonchev–Trinajstić information content (AvgIpc) is 3.00. The number of hydrogen-bond acceptors (Lipinski definition) is 5. The Morgan fingerprint density at radius 1 is 1.09 bits per heavy atom. The van der Waals surface area contributed by atoms with Crippen LogP contribution >= 0.6 is 23.2 Å². The van der Waals surface area contributed by atoms with E-state index in [1.165, 1.54) is 29.2 Å². The molecule has 0 aliphatic carbocycles. The Morgan fingerprint density at radius 2 is 1.77 bits per heavy atom. The van der Waals surface area contributed by atoms with Crippen LogP contribution in [0, 0.1) is 5.92 Å². The fourth-order valence-electron chi connectivity index (χ4n) is 3.66. The van der Waals surface area contributed by atoms with Crippen molar-refractivity contribution >= 4 is 50.9 Å². The van der Waals surface area contributed by atoms with E-state index in [4.69, 9.17) is 23.2 Å². The van der Waals surface area contributed by atoms with E-state index in [9.17, 15) is 22.8 Å². The second kappa shape index (κ2) is 11.0. The van der Waals surface area contributed by atoms with Gasteiger partial charge in [-0.05, 0) is 42.7 Å². The number of amides is 3. The summed E-state index contributed by atoms with van der Waals surface area (Å²) < 4.78 is 26.3. The molecule has 3 amide bonds. The second-order valence-electron chi connectivity index (χ2n) is 8.70. The van der Waals surface area contributed by atoms with Crippen LogP contribution in [0.3, 0.4) is 0 Å². The minimum atomic E-state index is -4.04. The summed E-state index contributed by atoms with van der Waals surface area (Å²) in [6.45, 7) is 5.59. The lowest BCUT2D eigenvalue weighted by molar-refractivity contribution is -0.140. The van der Waals surface area contributed by atoms with Crippen molar-refractivity contribution in [1.82, 2.24) is 14.5 Å². The predicted octanol–water partition coefficient (Wildman–Crippen LogP) is 3.72. The number of fused-ring (bicyclic) bond motifs is 1. The Kier molecular flexibility index (Phi) is 8.46. The minimum absolute atomic E-state index is 0.00597. The molecule has 35 heavy (non-hydrogen) atoms. The van der Waals surface area contributed by atoms with Crippen LogP contribution in [-0.4, -0.2) is 54.5 Å². The highest BCUT2D eigenvalue weighted by atomic mass is 35.5. The second-order valence-corrected chi connectivity index (χ2v) is 11.4. The van der Waals surface area contributed by atoms with Crippen molar-refractivity contribution in [2.24, 2.45) is 5.92 Å². The Hall–Kier alpha value is -2.62. The summed E-state index contributed by atoms with van der Waals surface area (Å²) in [5.74, 6) is -1.31. The standard InChI is InChI=1S/C24H27Cl2N3O5S/c1-15(2)13-27-23(31)16(3)28(14-17-8-9-18(25)12-20(17)26)22(30)10-11-29-24(32)19-6-4-5-7-21(19)35(29,33)34/h4-9,12,15-16H,10-11,13-14H2,1-3H3,(H,27,31). The van der Waals surface area contributed by atoms with Crippen LogP contribution < -0.4 is 5.32 Å². The Labute approximate surface area is 215 Å². The zero-order chi connectivity index (χ0) is 25.9. The summed E-state index contributed by atoms with van der Waals surface area (Å²) in [6, 6.07) is 9.88. The van der Waals surface area contributed by atoms with Gasteiger partial charge in [-0.1, -0.05) is 55.2 Å². The van der Waals surface area contributed by atoms with Gasteiger partial charge in [0, 0.05) is 36.1 Å². The smallest absolute Gasteiger partial charge is 0.269 e. The SMILES string of the molecule is CC(C)CNC(=O)C(C)N(Cc1ccc(Cl)cc1Cl)C(=O)CCN1C(=O)c2ccccc2S1(=O)=O. The van der Waals surface area contributed by atoms with Gasteiger partial charge in [-0.2, -0.15) is 0 Å². The molecular weight excluding hydrogens is 513 g/mol. The summed E-state index contributed by atoms with van der Waals surface area (Å²) in [7, 11) is -4.04. The third-order valence-corrected chi connectivity index (χ3v) is 8.08. The molecule has 0 spiro atoms. The molecular formula is C24H27Cl2N3O5S. The molecule has 0 radical (unpaired) electrons. The molecule has 0 aromatic heterocycles. The van der Waals surface area contributed by atoms with Crippen LogP contribution in [-0.2, 0) is 26.2 Å². The van der Waals surface area contributed by atoms with E-state index in [0.717, 1.165) is 0 Å². The molecule has 0 saturated carbocycles. The monoisotopic (exact) mass is 539 g/mol. The summed E-state index contributed by atoms with van der Waals surface area (Å²) >= 11 is 12.3. The van der Waals surface area contributed by atoms with Crippen molar-refractivity contribution in [3.05, 3.63) is 63.6 Å². The first kappa shape index (κ1) is 27.0. The topological polar surface area (TPSA) is 104 Å². The first-order chi connectivity index (χ1) is 16.4. The number of carbonyl (C=O) groups excluding carboxylic acids is 3. The lowest BCUT2D eigenvalue weighted by Crippen LogP contribution is -2.49. The van der Waals surface area contributed by atoms with Gasteiger partial charge in [-0.3, -0.25) is 14.4 Å². The van der Waals surface area contributed by atoms with Gasteiger partial charge in [0.2, 0.25) is 11.8 Å². The molecule has 0 fully saturated rings. The Bertz CT molecular complexity index is 1250. The van der Waals surface area contributed by atoms with E-state index in [0.29, 0.717) is 26.5 Å². The lowest BCUT2D eigenvalue weighted by atomic mass is 10.1. The van der Waals surface area contributed by atoms with Gasteiger partial charge in [-0.15, -0.1) is 0 Å². The van der Waals surface area contributed by atoms with E-state index < -0.39 is 27.9 Å². The van der Waals surface area contributed by atoms with Crippen LogP contribution in [0.4, 0.5) is 0 Å². The van der Waals surface area contributed by atoms with Gasteiger partial charge in [0.15, 0.2) is 0 Å². The van der Waals surface area contributed by atoms with E-state index in [-0.39, 0.29) is 41.8 Å². The zero-order valence-electron chi connectivity index (χ0n) is 19.6.